The summed E-state index contributed by atoms with van der Waals surface area (Å²) in [7, 11) is 1.72. The zero-order chi connectivity index (χ0) is 25.6. The standard InChI is InChI=1S/C25H30N4O4S2/c1-6-14-28(15-7-2)35(31,32)21-11-8-19(9-12-21)24(30)29(17-16-27(3)4)25-26-22-18-20(33-5)10-13-23(22)34-25/h6-13,18H,1-2,14-17H2,3-5H3. The summed E-state index contributed by atoms with van der Waals surface area (Å²) in [5, 5.41) is 0.569. The number of hydrogen-bond acceptors (Lipinski definition) is 7. The first-order valence-electron chi connectivity index (χ1n) is 10.9. The van der Waals surface area contributed by atoms with Gasteiger partial charge < -0.3 is 9.64 Å². The molecular formula is C25H30N4O4S2. The molecule has 0 N–H and O–H groups in total. The van der Waals surface area contributed by atoms with E-state index in [4.69, 9.17) is 4.74 Å². The van der Waals surface area contributed by atoms with E-state index in [9.17, 15) is 13.2 Å². The Labute approximate surface area is 210 Å². The van der Waals surface area contributed by atoms with Crippen LogP contribution in [-0.2, 0) is 10.0 Å². The summed E-state index contributed by atoms with van der Waals surface area (Å²) < 4.78 is 33.5. The Bertz CT molecular complexity index is 1290. The maximum Gasteiger partial charge on any atom is 0.260 e. The van der Waals surface area contributed by atoms with Gasteiger partial charge in [0.1, 0.15) is 5.75 Å². The summed E-state index contributed by atoms with van der Waals surface area (Å²) in [4.78, 5) is 21.9. The summed E-state index contributed by atoms with van der Waals surface area (Å²) in [5.74, 6) is 0.440. The summed E-state index contributed by atoms with van der Waals surface area (Å²) >= 11 is 1.42. The lowest BCUT2D eigenvalue weighted by Crippen LogP contribution is -2.36. The molecule has 0 spiro atoms. The Morgan fingerprint density at radius 3 is 2.29 bits per heavy atom. The Morgan fingerprint density at radius 1 is 1.06 bits per heavy atom. The summed E-state index contributed by atoms with van der Waals surface area (Å²) in [5.41, 5.74) is 1.12. The van der Waals surface area contributed by atoms with E-state index < -0.39 is 10.0 Å². The van der Waals surface area contributed by atoms with Crippen molar-refractivity contribution >= 4 is 42.6 Å². The van der Waals surface area contributed by atoms with Crippen molar-refractivity contribution in [3.05, 3.63) is 73.3 Å². The van der Waals surface area contributed by atoms with E-state index in [2.05, 4.69) is 18.1 Å². The van der Waals surface area contributed by atoms with Crippen LogP contribution in [0.25, 0.3) is 10.2 Å². The molecule has 0 unspecified atom stereocenters. The summed E-state index contributed by atoms with van der Waals surface area (Å²) in [6, 6.07) is 11.6. The molecule has 0 aliphatic rings. The monoisotopic (exact) mass is 514 g/mol. The smallest absolute Gasteiger partial charge is 0.260 e. The predicted octanol–water partition coefficient (Wildman–Crippen LogP) is 3.88. The number of benzene rings is 2. The number of sulfonamides is 1. The third kappa shape index (κ3) is 6.15. The summed E-state index contributed by atoms with van der Waals surface area (Å²) in [6.07, 6.45) is 3.05. The van der Waals surface area contributed by atoms with E-state index in [1.54, 1.807) is 12.0 Å². The number of carbonyl (C=O) groups excluding carboxylic acids is 1. The molecule has 10 heteroatoms. The van der Waals surface area contributed by atoms with Gasteiger partial charge in [-0.3, -0.25) is 9.69 Å². The molecule has 0 fully saturated rings. The Balaban J connectivity index is 1.93. The lowest BCUT2D eigenvalue weighted by Gasteiger charge is -2.22. The van der Waals surface area contributed by atoms with Gasteiger partial charge in [0.25, 0.3) is 5.91 Å². The highest BCUT2D eigenvalue weighted by atomic mass is 32.2. The number of rotatable bonds is 12. The Kier molecular flexibility index (Phi) is 8.79. The SMILES string of the molecule is C=CCN(CC=C)S(=O)(=O)c1ccc(C(=O)N(CCN(C)C)c2nc3cc(OC)ccc3s2)cc1. The molecule has 2 aromatic carbocycles. The van der Waals surface area contributed by atoms with Crippen LogP contribution in [0.5, 0.6) is 5.75 Å². The minimum Gasteiger partial charge on any atom is -0.497 e. The number of amides is 1. The lowest BCUT2D eigenvalue weighted by atomic mass is 10.2. The first-order valence-corrected chi connectivity index (χ1v) is 13.2. The van der Waals surface area contributed by atoms with Crippen LogP contribution in [0, 0.1) is 0 Å². The second kappa shape index (κ2) is 11.6. The van der Waals surface area contributed by atoms with E-state index >= 15 is 0 Å². The van der Waals surface area contributed by atoms with Crippen LogP contribution in [-0.4, -0.2) is 75.9 Å². The zero-order valence-corrected chi connectivity index (χ0v) is 21.8. The molecule has 0 aliphatic heterocycles. The van der Waals surface area contributed by atoms with Gasteiger partial charge in [0.05, 0.1) is 22.2 Å². The molecule has 1 heterocycles. The van der Waals surface area contributed by atoms with Crippen LogP contribution < -0.4 is 9.64 Å². The molecule has 186 valence electrons. The highest BCUT2D eigenvalue weighted by Gasteiger charge is 2.25. The van der Waals surface area contributed by atoms with E-state index in [1.807, 2.05) is 37.2 Å². The first-order chi connectivity index (χ1) is 16.7. The van der Waals surface area contributed by atoms with Gasteiger partial charge in [0, 0.05) is 37.8 Å². The van der Waals surface area contributed by atoms with Crippen LogP contribution >= 0.6 is 11.3 Å². The van der Waals surface area contributed by atoms with Gasteiger partial charge in [-0.15, -0.1) is 13.2 Å². The third-order valence-electron chi connectivity index (χ3n) is 5.23. The van der Waals surface area contributed by atoms with Crippen LogP contribution in [0.1, 0.15) is 10.4 Å². The van der Waals surface area contributed by atoms with Crippen molar-refractivity contribution in [3.63, 3.8) is 0 Å². The highest BCUT2D eigenvalue weighted by molar-refractivity contribution is 7.89. The molecule has 35 heavy (non-hydrogen) atoms. The molecule has 0 radical (unpaired) electrons. The molecule has 0 saturated carbocycles. The number of aromatic nitrogens is 1. The number of nitrogens with zero attached hydrogens (tertiary/aromatic N) is 4. The minimum atomic E-state index is -3.75. The summed E-state index contributed by atoms with van der Waals surface area (Å²) in [6.45, 7) is 8.63. The lowest BCUT2D eigenvalue weighted by molar-refractivity contribution is 0.0985. The van der Waals surface area contributed by atoms with E-state index in [0.29, 0.717) is 29.5 Å². The molecule has 0 atom stereocenters. The second-order valence-electron chi connectivity index (χ2n) is 8.01. The van der Waals surface area contributed by atoms with Crippen LogP contribution in [0.15, 0.2) is 72.7 Å². The number of likely N-dealkylation sites (N-methyl/N-ethyl adjacent to an activating group) is 1. The number of carbonyl (C=O) groups is 1. The van der Waals surface area contributed by atoms with Gasteiger partial charge >= 0.3 is 0 Å². The quantitative estimate of drug-likeness (QED) is 0.341. The highest BCUT2D eigenvalue weighted by Crippen LogP contribution is 2.32. The fourth-order valence-electron chi connectivity index (χ4n) is 3.35. The van der Waals surface area contributed by atoms with Crippen molar-refractivity contribution in [2.75, 3.05) is 52.3 Å². The van der Waals surface area contributed by atoms with Crippen molar-refractivity contribution in [3.8, 4) is 5.75 Å². The number of thiazole rings is 1. The van der Waals surface area contributed by atoms with Gasteiger partial charge in [0.2, 0.25) is 10.0 Å². The van der Waals surface area contributed by atoms with Gasteiger partial charge in [-0.1, -0.05) is 23.5 Å². The minimum absolute atomic E-state index is 0.102. The average molecular weight is 515 g/mol. The van der Waals surface area contributed by atoms with Crippen LogP contribution in [0.3, 0.4) is 0 Å². The molecule has 0 saturated heterocycles. The van der Waals surface area contributed by atoms with Crippen molar-refractivity contribution in [1.29, 1.82) is 0 Å². The van der Waals surface area contributed by atoms with Crippen LogP contribution in [0.2, 0.25) is 0 Å². The van der Waals surface area contributed by atoms with E-state index in [1.165, 1.54) is 52.1 Å². The van der Waals surface area contributed by atoms with E-state index in [-0.39, 0.29) is 23.9 Å². The number of methoxy groups -OCH3 is 1. The Morgan fingerprint density at radius 2 is 1.71 bits per heavy atom. The molecule has 1 aromatic heterocycles. The molecule has 0 aliphatic carbocycles. The number of anilines is 1. The molecular weight excluding hydrogens is 484 g/mol. The molecule has 3 rings (SSSR count). The topological polar surface area (TPSA) is 83.1 Å². The number of ether oxygens (including phenoxy) is 1. The van der Waals surface area contributed by atoms with Gasteiger partial charge in [0.15, 0.2) is 5.13 Å². The van der Waals surface area contributed by atoms with Gasteiger partial charge in [-0.05, 0) is 50.5 Å². The van der Waals surface area contributed by atoms with Crippen molar-refractivity contribution in [1.82, 2.24) is 14.2 Å². The largest absolute Gasteiger partial charge is 0.497 e. The van der Waals surface area contributed by atoms with Gasteiger partial charge in [-0.25, -0.2) is 13.4 Å². The molecule has 3 aromatic rings. The van der Waals surface area contributed by atoms with E-state index in [0.717, 1.165) is 10.2 Å². The van der Waals surface area contributed by atoms with Crippen molar-refractivity contribution < 1.29 is 17.9 Å². The fraction of sp³-hybridized carbons (Fsp3) is 0.280. The maximum atomic E-state index is 13.5. The second-order valence-corrected chi connectivity index (χ2v) is 11.0. The molecule has 0 bridgehead atoms. The molecule has 1 amide bonds. The first kappa shape index (κ1) is 26.6. The molecule has 8 nitrogen and oxygen atoms in total. The third-order valence-corrected chi connectivity index (χ3v) is 8.14. The number of hydrogen-bond donors (Lipinski definition) is 0. The van der Waals surface area contributed by atoms with Crippen LogP contribution in [0.4, 0.5) is 5.13 Å². The number of fused-ring (bicyclic) bond motifs is 1. The fourth-order valence-corrected chi connectivity index (χ4v) is 5.71. The van der Waals surface area contributed by atoms with Crippen molar-refractivity contribution in [2.24, 2.45) is 0 Å². The zero-order valence-electron chi connectivity index (χ0n) is 20.2. The predicted molar refractivity (Wildman–Crippen MR) is 142 cm³/mol. The Hall–Kier alpha value is -3.05. The normalized spacial score (nSPS) is 11.7. The maximum absolute atomic E-state index is 13.5. The van der Waals surface area contributed by atoms with Gasteiger partial charge in [-0.2, -0.15) is 4.31 Å². The van der Waals surface area contributed by atoms with Crippen molar-refractivity contribution in [2.45, 2.75) is 4.90 Å². The average Bonchev–Trinajstić information content (AvgIpc) is 3.26.